The molecule has 2 rings (SSSR count). The summed E-state index contributed by atoms with van der Waals surface area (Å²) in [6, 6.07) is 8.06. The summed E-state index contributed by atoms with van der Waals surface area (Å²) in [7, 11) is 0. The van der Waals surface area contributed by atoms with Gasteiger partial charge in [0.15, 0.2) is 0 Å². The minimum atomic E-state index is -0.315. The summed E-state index contributed by atoms with van der Waals surface area (Å²) in [6.07, 6.45) is 2.27. The van der Waals surface area contributed by atoms with Crippen LogP contribution in [0.2, 0.25) is 0 Å². The van der Waals surface area contributed by atoms with E-state index in [2.05, 4.69) is 54.0 Å². The van der Waals surface area contributed by atoms with Crippen molar-refractivity contribution in [3.63, 3.8) is 0 Å². The van der Waals surface area contributed by atoms with Crippen LogP contribution >= 0.6 is 0 Å². The maximum Gasteiger partial charge on any atom is 0.248 e. The van der Waals surface area contributed by atoms with Crippen LogP contribution in [0.5, 0.6) is 0 Å². The van der Waals surface area contributed by atoms with Crippen LogP contribution in [0.4, 0.5) is 0 Å². The highest BCUT2D eigenvalue weighted by Gasteiger charge is 2.26. The van der Waals surface area contributed by atoms with E-state index in [4.69, 9.17) is 0 Å². The van der Waals surface area contributed by atoms with Gasteiger partial charge in [-0.05, 0) is 29.9 Å². The first-order chi connectivity index (χ1) is 11.3. The van der Waals surface area contributed by atoms with Crippen molar-refractivity contribution in [3.8, 4) is 0 Å². The summed E-state index contributed by atoms with van der Waals surface area (Å²) in [5.41, 5.74) is 7.89. The smallest absolute Gasteiger partial charge is 0.248 e. The number of benzene rings is 1. The van der Waals surface area contributed by atoms with Crippen LogP contribution in [0.3, 0.4) is 0 Å². The van der Waals surface area contributed by atoms with E-state index < -0.39 is 0 Å². The van der Waals surface area contributed by atoms with Gasteiger partial charge >= 0.3 is 0 Å². The maximum atomic E-state index is 11.8. The Balaban J connectivity index is 1.80. The highest BCUT2D eigenvalue weighted by atomic mass is 16.2. The molecule has 1 atom stereocenters. The number of hydrogen-bond acceptors (Lipinski definition) is 4. The summed E-state index contributed by atoms with van der Waals surface area (Å²) < 4.78 is 0. The molecule has 0 fully saturated rings. The highest BCUT2D eigenvalue weighted by molar-refractivity contribution is 6.07. The maximum absolute atomic E-state index is 11.8. The Labute approximate surface area is 142 Å². The van der Waals surface area contributed by atoms with E-state index in [-0.39, 0.29) is 29.6 Å². The van der Waals surface area contributed by atoms with Gasteiger partial charge in [0.2, 0.25) is 11.8 Å². The highest BCUT2D eigenvalue weighted by Crippen LogP contribution is 2.21. The number of hydrazone groups is 2. The third kappa shape index (κ3) is 4.75. The molecule has 2 amide bonds. The molecule has 0 saturated heterocycles. The third-order valence-electron chi connectivity index (χ3n) is 4.00. The third-order valence-corrected chi connectivity index (χ3v) is 4.00. The molecule has 1 aliphatic rings. The van der Waals surface area contributed by atoms with Gasteiger partial charge < -0.3 is 0 Å². The molecule has 0 aliphatic carbocycles. The van der Waals surface area contributed by atoms with Crippen molar-refractivity contribution in [1.29, 1.82) is 0 Å². The fraction of sp³-hybridized carbons (Fsp3) is 0.444. The Morgan fingerprint density at radius 1 is 1.33 bits per heavy atom. The zero-order valence-electron chi connectivity index (χ0n) is 14.6. The lowest BCUT2D eigenvalue weighted by molar-refractivity contribution is -0.123. The molecule has 0 radical (unpaired) electrons. The van der Waals surface area contributed by atoms with Crippen molar-refractivity contribution in [1.82, 2.24) is 10.9 Å². The second-order valence-electron chi connectivity index (χ2n) is 6.99. The van der Waals surface area contributed by atoms with Gasteiger partial charge in [0, 0.05) is 12.1 Å². The minimum Gasteiger partial charge on any atom is -0.273 e. The lowest BCUT2D eigenvalue weighted by atomic mass is 9.87. The molecule has 2 N–H and O–H groups in total. The van der Waals surface area contributed by atoms with Gasteiger partial charge in [-0.2, -0.15) is 10.2 Å². The SMILES string of the molecule is CC1=NNC(=O)C1CCC(=O)N/N=C/c1ccc(C(C)(C)C)cc1. The predicted molar refractivity (Wildman–Crippen MR) is 94.9 cm³/mol. The molecule has 24 heavy (non-hydrogen) atoms. The van der Waals surface area contributed by atoms with Gasteiger partial charge in [-0.1, -0.05) is 45.0 Å². The van der Waals surface area contributed by atoms with Crippen LogP contribution in [0.1, 0.15) is 51.7 Å². The van der Waals surface area contributed by atoms with Crippen LogP contribution in [0.25, 0.3) is 0 Å². The average Bonchev–Trinajstić information content (AvgIpc) is 2.83. The average molecular weight is 328 g/mol. The minimum absolute atomic E-state index is 0.109. The summed E-state index contributed by atoms with van der Waals surface area (Å²) in [4.78, 5) is 23.3. The molecule has 1 heterocycles. The zero-order chi connectivity index (χ0) is 17.7. The Bertz CT molecular complexity index is 669. The number of rotatable bonds is 5. The number of amides is 2. The van der Waals surface area contributed by atoms with E-state index >= 15 is 0 Å². The number of carbonyl (C=O) groups is 2. The molecule has 0 bridgehead atoms. The summed E-state index contributed by atoms with van der Waals surface area (Å²) in [5.74, 6) is -0.683. The lowest BCUT2D eigenvalue weighted by Crippen LogP contribution is -2.25. The van der Waals surface area contributed by atoms with Crippen molar-refractivity contribution in [3.05, 3.63) is 35.4 Å². The van der Waals surface area contributed by atoms with Crippen LogP contribution < -0.4 is 10.9 Å². The molecule has 6 nitrogen and oxygen atoms in total. The molecule has 1 aromatic rings. The van der Waals surface area contributed by atoms with E-state index in [0.717, 1.165) is 11.3 Å². The first kappa shape index (κ1) is 17.8. The fourth-order valence-electron chi connectivity index (χ4n) is 2.41. The number of nitrogens with zero attached hydrogens (tertiary/aromatic N) is 2. The van der Waals surface area contributed by atoms with Crippen molar-refractivity contribution >= 4 is 23.7 Å². The molecule has 0 spiro atoms. The zero-order valence-corrected chi connectivity index (χ0v) is 14.6. The van der Waals surface area contributed by atoms with Gasteiger partial charge in [0.1, 0.15) is 0 Å². The molecule has 0 aromatic heterocycles. The van der Waals surface area contributed by atoms with Crippen LogP contribution in [-0.4, -0.2) is 23.7 Å². The molecular weight excluding hydrogens is 304 g/mol. The van der Waals surface area contributed by atoms with Gasteiger partial charge in [-0.25, -0.2) is 10.9 Å². The van der Waals surface area contributed by atoms with E-state index in [1.807, 2.05) is 12.1 Å². The van der Waals surface area contributed by atoms with E-state index in [0.29, 0.717) is 6.42 Å². The normalized spacial score (nSPS) is 17.8. The van der Waals surface area contributed by atoms with Gasteiger partial charge in [0.05, 0.1) is 12.1 Å². The molecule has 1 aliphatic heterocycles. The van der Waals surface area contributed by atoms with Gasteiger partial charge in [-0.3, -0.25) is 9.59 Å². The van der Waals surface area contributed by atoms with E-state index in [1.54, 1.807) is 13.1 Å². The van der Waals surface area contributed by atoms with Crippen molar-refractivity contribution < 1.29 is 9.59 Å². The van der Waals surface area contributed by atoms with E-state index in [9.17, 15) is 9.59 Å². The molecule has 0 saturated carbocycles. The molecule has 1 aromatic carbocycles. The number of hydrogen-bond donors (Lipinski definition) is 2. The van der Waals surface area contributed by atoms with Gasteiger partial charge in [-0.15, -0.1) is 0 Å². The van der Waals surface area contributed by atoms with Crippen LogP contribution in [0.15, 0.2) is 34.5 Å². The fourth-order valence-corrected chi connectivity index (χ4v) is 2.41. The monoisotopic (exact) mass is 328 g/mol. The van der Waals surface area contributed by atoms with Crippen LogP contribution in [0, 0.1) is 5.92 Å². The van der Waals surface area contributed by atoms with Crippen molar-refractivity contribution in [2.75, 3.05) is 0 Å². The quantitative estimate of drug-likeness (QED) is 0.642. The standard InChI is InChI=1S/C18H24N4O2/c1-12-15(17(24)22-20-12)9-10-16(23)21-19-11-13-5-7-14(8-6-13)18(2,3)4/h5-8,11,15H,9-10H2,1-4H3,(H,21,23)(H,22,24)/b19-11+. The Kier molecular flexibility index (Phi) is 5.49. The second kappa shape index (κ2) is 7.38. The largest absolute Gasteiger partial charge is 0.273 e. The van der Waals surface area contributed by atoms with Crippen molar-refractivity contribution in [2.24, 2.45) is 16.1 Å². The topological polar surface area (TPSA) is 82.9 Å². The molecular formula is C18H24N4O2. The number of carbonyl (C=O) groups excluding carboxylic acids is 2. The Morgan fingerprint density at radius 2 is 2.00 bits per heavy atom. The molecule has 1 unspecified atom stereocenters. The predicted octanol–water partition coefficient (Wildman–Crippen LogP) is 2.34. The molecule has 6 heteroatoms. The first-order valence-corrected chi connectivity index (χ1v) is 8.04. The van der Waals surface area contributed by atoms with Crippen molar-refractivity contribution in [2.45, 2.75) is 46.0 Å². The van der Waals surface area contributed by atoms with Crippen LogP contribution in [-0.2, 0) is 15.0 Å². The number of nitrogens with one attached hydrogen (secondary N) is 2. The van der Waals surface area contributed by atoms with Gasteiger partial charge in [0.25, 0.3) is 0 Å². The summed E-state index contributed by atoms with van der Waals surface area (Å²) in [5, 5.41) is 7.82. The first-order valence-electron chi connectivity index (χ1n) is 8.04. The summed E-state index contributed by atoms with van der Waals surface area (Å²) >= 11 is 0. The Morgan fingerprint density at radius 3 is 2.54 bits per heavy atom. The Hall–Kier alpha value is -2.50. The second-order valence-corrected chi connectivity index (χ2v) is 6.99. The lowest BCUT2D eigenvalue weighted by Gasteiger charge is -2.18. The summed E-state index contributed by atoms with van der Waals surface area (Å²) in [6.45, 7) is 8.26. The molecule has 128 valence electrons. The van der Waals surface area contributed by atoms with E-state index in [1.165, 1.54) is 5.56 Å².